The molecule has 1 nitrogen and oxygen atoms in total. The Hall–Kier alpha value is -0.740. The van der Waals surface area contributed by atoms with Gasteiger partial charge in [-0.15, -0.1) is 0 Å². The second-order valence-corrected chi connectivity index (χ2v) is 3.22. The zero-order valence-corrected chi connectivity index (χ0v) is 7.59. The minimum absolute atomic E-state index is 0.544. The van der Waals surface area contributed by atoms with E-state index in [0.29, 0.717) is 5.92 Å². The summed E-state index contributed by atoms with van der Waals surface area (Å²) < 4.78 is 0. The van der Waals surface area contributed by atoms with Crippen molar-refractivity contribution in [2.75, 3.05) is 0 Å². The highest BCUT2D eigenvalue weighted by Gasteiger charge is 2.17. The molecule has 0 amide bonds. The van der Waals surface area contributed by atoms with Gasteiger partial charge in [-0.3, -0.25) is 0 Å². The number of allylic oxidation sites excluding steroid dienone is 1. The van der Waals surface area contributed by atoms with Crippen LogP contribution in [-0.2, 0) is 0 Å². The zero-order chi connectivity index (χ0) is 8.81. The van der Waals surface area contributed by atoms with Crippen molar-refractivity contribution in [1.29, 1.82) is 0 Å². The quantitative estimate of drug-likeness (QED) is 0.500. The number of hydrogen-bond acceptors (Lipinski definition) is 1. The highest BCUT2D eigenvalue weighted by molar-refractivity contribution is 5.16. The van der Waals surface area contributed by atoms with Gasteiger partial charge in [0.05, 0.1) is 0 Å². The molecule has 0 saturated heterocycles. The van der Waals surface area contributed by atoms with E-state index in [1.807, 2.05) is 6.08 Å². The standard InChI is InChI=1S/C11H16O/c1-2-3-4-5-11(12)9-8-10-6-7-10/h4-5,10-12H,2-3,6-7H2,1H3/b5-4+. The highest BCUT2D eigenvalue weighted by Crippen LogP contribution is 2.27. The van der Waals surface area contributed by atoms with E-state index in [-0.39, 0.29) is 0 Å². The van der Waals surface area contributed by atoms with Gasteiger partial charge in [-0.05, 0) is 25.3 Å². The minimum atomic E-state index is -0.544. The number of aliphatic hydroxyl groups excluding tert-OH is 1. The Kier molecular flexibility index (Phi) is 3.90. The monoisotopic (exact) mass is 164 g/mol. The third-order valence-corrected chi connectivity index (χ3v) is 1.79. The van der Waals surface area contributed by atoms with Gasteiger partial charge in [0.2, 0.25) is 0 Å². The van der Waals surface area contributed by atoms with E-state index < -0.39 is 6.10 Å². The Morgan fingerprint density at radius 1 is 1.58 bits per heavy atom. The summed E-state index contributed by atoms with van der Waals surface area (Å²) in [6.07, 6.45) is 7.82. The summed E-state index contributed by atoms with van der Waals surface area (Å²) in [5, 5.41) is 9.29. The van der Waals surface area contributed by atoms with Crippen molar-refractivity contribution >= 4 is 0 Å². The molecule has 1 rings (SSSR count). The summed E-state index contributed by atoms with van der Waals surface area (Å²) in [6.45, 7) is 2.12. The molecule has 1 saturated carbocycles. The molecule has 0 heterocycles. The highest BCUT2D eigenvalue weighted by atomic mass is 16.3. The van der Waals surface area contributed by atoms with Crippen molar-refractivity contribution in [1.82, 2.24) is 0 Å². The molecule has 1 fully saturated rings. The van der Waals surface area contributed by atoms with Crippen molar-refractivity contribution in [2.24, 2.45) is 5.92 Å². The molecule has 66 valence electrons. The number of aliphatic hydroxyl groups is 1. The Morgan fingerprint density at radius 3 is 2.92 bits per heavy atom. The van der Waals surface area contributed by atoms with Crippen molar-refractivity contribution in [3.8, 4) is 11.8 Å². The summed E-state index contributed by atoms with van der Waals surface area (Å²) in [4.78, 5) is 0. The number of unbranched alkanes of at least 4 members (excludes halogenated alkanes) is 1. The summed E-state index contributed by atoms with van der Waals surface area (Å²) >= 11 is 0. The van der Waals surface area contributed by atoms with E-state index in [1.54, 1.807) is 6.08 Å². The first-order chi connectivity index (χ1) is 5.83. The lowest BCUT2D eigenvalue weighted by molar-refractivity contribution is 0.280. The van der Waals surface area contributed by atoms with Gasteiger partial charge >= 0.3 is 0 Å². The van der Waals surface area contributed by atoms with Gasteiger partial charge in [0.15, 0.2) is 0 Å². The fourth-order valence-electron chi connectivity index (χ4n) is 0.871. The van der Waals surface area contributed by atoms with Crippen LogP contribution in [0.3, 0.4) is 0 Å². The molecular formula is C11H16O. The molecule has 0 aromatic carbocycles. The molecule has 1 N–H and O–H groups in total. The third kappa shape index (κ3) is 4.20. The van der Waals surface area contributed by atoms with Crippen molar-refractivity contribution in [2.45, 2.75) is 38.7 Å². The summed E-state index contributed by atoms with van der Waals surface area (Å²) in [5.41, 5.74) is 0. The Bertz CT molecular complexity index is 203. The predicted molar refractivity (Wildman–Crippen MR) is 50.6 cm³/mol. The zero-order valence-electron chi connectivity index (χ0n) is 7.59. The molecule has 1 aliphatic rings. The first-order valence-corrected chi connectivity index (χ1v) is 4.68. The molecule has 1 heteroatoms. The molecule has 0 radical (unpaired) electrons. The number of rotatable bonds is 3. The average molecular weight is 164 g/mol. The van der Waals surface area contributed by atoms with Gasteiger partial charge in [-0.1, -0.05) is 31.3 Å². The third-order valence-electron chi connectivity index (χ3n) is 1.79. The Balaban J connectivity index is 2.18. The van der Waals surface area contributed by atoms with Gasteiger partial charge in [0.25, 0.3) is 0 Å². The van der Waals surface area contributed by atoms with Gasteiger partial charge in [0.1, 0.15) is 6.10 Å². The molecule has 1 aliphatic carbocycles. The maximum absolute atomic E-state index is 9.29. The van der Waals surface area contributed by atoms with E-state index in [2.05, 4.69) is 18.8 Å². The maximum atomic E-state index is 9.29. The van der Waals surface area contributed by atoms with Crippen molar-refractivity contribution < 1.29 is 5.11 Å². The van der Waals surface area contributed by atoms with Crippen LogP contribution in [0.2, 0.25) is 0 Å². The average Bonchev–Trinajstić information content (AvgIpc) is 2.84. The molecule has 12 heavy (non-hydrogen) atoms. The number of hydrogen-bond donors (Lipinski definition) is 1. The molecule has 0 bridgehead atoms. The molecule has 0 spiro atoms. The molecule has 1 atom stereocenters. The van der Waals surface area contributed by atoms with E-state index in [1.165, 1.54) is 12.8 Å². The molecule has 0 aromatic heterocycles. The van der Waals surface area contributed by atoms with Crippen LogP contribution in [0, 0.1) is 17.8 Å². The lowest BCUT2D eigenvalue weighted by atomic mass is 10.2. The first kappa shape index (κ1) is 9.35. The first-order valence-electron chi connectivity index (χ1n) is 4.68. The minimum Gasteiger partial charge on any atom is -0.377 e. The van der Waals surface area contributed by atoms with Crippen LogP contribution >= 0.6 is 0 Å². The summed E-state index contributed by atoms with van der Waals surface area (Å²) in [6, 6.07) is 0. The van der Waals surface area contributed by atoms with Crippen LogP contribution in [-0.4, -0.2) is 11.2 Å². The van der Waals surface area contributed by atoms with Gasteiger partial charge in [0, 0.05) is 5.92 Å². The Labute approximate surface area is 74.5 Å². The van der Waals surface area contributed by atoms with Crippen LogP contribution in [0.15, 0.2) is 12.2 Å². The van der Waals surface area contributed by atoms with E-state index >= 15 is 0 Å². The van der Waals surface area contributed by atoms with Crippen LogP contribution in [0.25, 0.3) is 0 Å². The van der Waals surface area contributed by atoms with E-state index in [0.717, 1.165) is 12.8 Å². The van der Waals surface area contributed by atoms with Gasteiger partial charge < -0.3 is 5.11 Å². The van der Waals surface area contributed by atoms with Gasteiger partial charge in [-0.25, -0.2) is 0 Å². The van der Waals surface area contributed by atoms with Crippen molar-refractivity contribution in [3.63, 3.8) is 0 Å². The van der Waals surface area contributed by atoms with Crippen LogP contribution in [0.1, 0.15) is 32.6 Å². The van der Waals surface area contributed by atoms with Gasteiger partial charge in [-0.2, -0.15) is 0 Å². The van der Waals surface area contributed by atoms with Crippen LogP contribution in [0.4, 0.5) is 0 Å². The molecular weight excluding hydrogens is 148 g/mol. The predicted octanol–water partition coefficient (Wildman–Crippen LogP) is 2.12. The SMILES string of the molecule is CCC/C=C/C(O)C#CC1CC1. The second-order valence-electron chi connectivity index (χ2n) is 3.22. The van der Waals surface area contributed by atoms with Crippen LogP contribution < -0.4 is 0 Å². The smallest absolute Gasteiger partial charge is 0.133 e. The Morgan fingerprint density at radius 2 is 2.33 bits per heavy atom. The van der Waals surface area contributed by atoms with E-state index in [4.69, 9.17) is 0 Å². The largest absolute Gasteiger partial charge is 0.377 e. The lowest BCUT2D eigenvalue weighted by Gasteiger charge is -1.92. The maximum Gasteiger partial charge on any atom is 0.133 e. The summed E-state index contributed by atoms with van der Waals surface area (Å²) in [7, 11) is 0. The molecule has 0 aliphatic heterocycles. The normalized spacial score (nSPS) is 18.8. The summed E-state index contributed by atoms with van der Waals surface area (Å²) in [5.74, 6) is 6.44. The molecule has 0 aromatic rings. The van der Waals surface area contributed by atoms with E-state index in [9.17, 15) is 5.11 Å². The van der Waals surface area contributed by atoms with Crippen LogP contribution in [0.5, 0.6) is 0 Å². The fourth-order valence-corrected chi connectivity index (χ4v) is 0.871. The lowest BCUT2D eigenvalue weighted by Crippen LogP contribution is -1.96. The fraction of sp³-hybridized carbons (Fsp3) is 0.636. The van der Waals surface area contributed by atoms with Crippen molar-refractivity contribution in [3.05, 3.63) is 12.2 Å². The molecule has 1 unspecified atom stereocenters. The second kappa shape index (κ2) is 5.00. The topological polar surface area (TPSA) is 20.2 Å².